The predicted octanol–water partition coefficient (Wildman–Crippen LogP) is 3.16. The van der Waals surface area contributed by atoms with Gasteiger partial charge in [0.05, 0.1) is 28.5 Å². The molecule has 31 heavy (non-hydrogen) atoms. The van der Waals surface area contributed by atoms with Crippen LogP contribution in [0.1, 0.15) is 31.0 Å². The summed E-state index contributed by atoms with van der Waals surface area (Å²) in [6.45, 7) is 3.69. The number of carbonyl (C=O) groups is 1. The highest BCUT2D eigenvalue weighted by atomic mass is 35.5. The molecule has 0 aliphatic carbocycles. The Kier molecular flexibility index (Phi) is 5.80. The summed E-state index contributed by atoms with van der Waals surface area (Å²) in [6.07, 6.45) is 1.74. The number of carbonyl (C=O) groups excluding carboxylic acids is 1. The summed E-state index contributed by atoms with van der Waals surface area (Å²) in [6, 6.07) is 12.9. The van der Waals surface area contributed by atoms with Gasteiger partial charge in [0.1, 0.15) is 5.75 Å². The summed E-state index contributed by atoms with van der Waals surface area (Å²) in [5, 5.41) is 10.1. The maximum absolute atomic E-state index is 13.4. The Morgan fingerprint density at radius 2 is 1.90 bits per heavy atom. The van der Waals surface area contributed by atoms with E-state index in [2.05, 4.69) is 4.99 Å². The minimum atomic E-state index is -0.672. The van der Waals surface area contributed by atoms with Gasteiger partial charge in [0, 0.05) is 5.02 Å². The molecule has 1 aromatic heterocycles. The second kappa shape index (κ2) is 8.53. The summed E-state index contributed by atoms with van der Waals surface area (Å²) >= 11 is 7.30. The number of aromatic hydroxyl groups is 1. The molecule has 0 saturated carbocycles. The Morgan fingerprint density at radius 1 is 1.23 bits per heavy atom. The van der Waals surface area contributed by atoms with Gasteiger partial charge in [0.25, 0.3) is 5.56 Å². The zero-order valence-corrected chi connectivity index (χ0v) is 18.4. The van der Waals surface area contributed by atoms with Crippen molar-refractivity contribution < 1.29 is 14.6 Å². The van der Waals surface area contributed by atoms with E-state index in [0.29, 0.717) is 25.6 Å². The largest absolute Gasteiger partial charge is 0.508 e. The molecule has 1 atom stereocenters. The Bertz CT molecular complexity index is 1350. The lowest BCUT2D eigenvalue weighted by Crippen LogP contribution is -2.39. The molecule has 2 aromatic carbocycles. The molecule has 0 amide bonds. The minimum absolute atomic E-state index is 0.149. The molecule has 6 nitrogen and oxygen atoms in total. The van der Waals surface area contributed by atoms with Crippen LogP contribution in [0.2, 0.25) is 5.02 Å². The highest BCUT2D eigenvalue weighted by Crippen LogP contribution is 2.31. The van der Waals surface area contributed by atoms with Crippen molar-refractivity contribution in [1.29, 1.82) is 0 Å². The minimum Gasteiger partial charge on any atom is -0.508 e. The van der Waals surface area contributed by atoms with Crippen LogP contribution in [0.25, 0.3) is 6.08 Å². The van der Waals surface area contributed by atoms with Gasteiger partial charge in [-0.2, -0.15) is 0 Å². The summed E-state index contributed by atoms with van der Waals surface area (Å²) < 4.78 is 7.27. The van der Waals surface area contributed by atoms with E-state index in [0.717, 1.165) is 11.1 Å². The van der Waals surface area contributed by atoms with E-state index in [1.54, 1.807) is 68.5 Å². The predicted molar refractivity (Wildman–Crippen MR) is 120 cm³/mol. The highest BCUT2D eigenvalue weighted by molar-refractivity contribution is 7.07. The van der Waals surface area contributed by atoms with Gasteiger partial charge in [-0.1, -0.05) is 47.2 Å². The van der Waals surface area contributed by atoms with Crippen molar-refractivity contribution in [3.63, 3.8) is 0 Å². The molecule has 0 bridgehead atoms. The Hall–Kier alpha value is -3.16. The number of halogens is 1. The summed E-state index contributed by atoms with van der Waals surface area (Å²) in [5.74, 6) is -0.354. The molecule has 2 heterocycles. The first-order valence-corrected chi connectivity index (χ1v) is 10.8. The number of hydrogen-bond donors (Lipinski definition) is 1. The van der Waals surface area contributed by atoms with Crippen molar-refractivity contribution in [2.75, 3.05) is 6.61 Å². The molecule has 0 radical (unpaired) electrons. The Labute approximate surface area is 187 Å². The number of benzene rings is 2. The van der Waals surface area contributed by atoms with E-state index >= 15 is 0 Å². The molecule has 0 spiro atoms. The van der Waals surface area contributed by atoms with Gasteiger partial charge in [-0.3, -0.25) is 9.36 Å². The lowest BCUT2D eigenvalue weighted by atomic mass is 9.96. The molecular formula is C23H19ClN2O4S. The van der Waals surface area contributed by atoms with Crippen molar-refractivity contribution in [1.82, 2.24) is 4.57 Å². The summed E-state index contributed by atoms with van der Waals surface area (Å²) in [7, 11) is 0. The molecule has 3 aromatic rings. The molecule has 158 valence electrons. The van der Waals surface area contributed by atoms with Gasteiger partial charge >= 0.3 is 5.97 Å². The van der Waals surface area contributed by atoms with E-state index in [4.69, 9.17) is 16.3 Å². The molecule has 4 rings (SSSR count). The third-order valence-electron chi connectivity index (χ3n) is 4.89. The van der Waals surface area contributed by atoms with Crippen LogP contribution < -0.4 is 14.9 Å². The van der Waals surface area contributed by atoms with Crippen molar-refractivity contribution in [3.8, 4) is 5.75 Å². The molecule has 0 fully saturated rings. The fraction of sp³-hybridized carbons (Fsp3) is 0.174. The van der Waals surface area contributed by atoms with Crippen molar-refractivity contribution in [2.24, 2.45) is 4.99 Å². The molecule has 1 unspecified atom stereocenters. The van der Waals surface area contributed by atoms with Gasteiger partial charge < -0.3 is 9.84 Å². The molecular weight excluding hydrogens is 436 g/mol. The molecule has 1 aliphatic rings. The zero-order chi connectivity index (χ0) is 22.1. The van der Waals surface area contributed by atoms with E-state index in [-0.39, 0.29) is 17.9 Å². The van der Waals surface area contributed by atoms with Crippen LogP contribution in [0.5, 0.6) is 5.75 Å². The fourth-order valence-electron chi connectivity index (χ4n) is 3.47. The number of phenolic OH excluding ortho intramolecular Hbond substituents is 1. The quantitative estimate of drug-likeness (QED) is 0.614. The van der Waals surface area contributed by atoms with Crippen molar-refractivity contribution in [2.45, 2.75) is 19.9 Å². The van der Waals surface area contributed by atoms with Gasteiger partial charge in [-0.25, -0.2) is 9.79 Å². The third-order valence-corrected chi connectivity index (χ3v) is 6.13. The lowest BCUT2D eigenvalue weighted by molar-refractivity contribution is -0.139. The van der Waals surface area contributed by atoms with Gasteiger partial charge in [-0.15, -0.1) is 0 Å². The van der Waals surface area contributed by atoms with Crippen LogP contribution in [0.15, 0.2) is 69.6 Å². The number of esters is 1. The lowest BCUT2D eigenvalue weighted by Gasteiger charge is -2.24. The topological polar surface area (TPSA) is 80.9 Å². The van der Waals surface area contributed by atoms with Gasteiger partial charge in [0.2, 0.25) is 0 Å². The van der Waals surface area contributed by atoms with Crippen LogP contribution in [-0.4, -0.2) is 22.2 Å². The third kappa shape index (κ3) is 4.06. The van der Waals surface area contributed by atoms with E-state index in [9.17, 15) is 14.7 Å². The standard InChI is InChI=1S/C23H19ClN2O4S/c1-3-30-22(29)19-13(2)25-23-26(20(19)15-6-8-16(24)9-7-15)21(28)18(31-23)12-14-4-10-17(27)11-5-14/h4-12,20,27H,3H2,1-2H3/b18-12+. The first-order valence-electron chi connectivity index (χ1n) is 9.63. The molecule has 1 aliphatic heterocycles. The van der Waals surface area contributed by atoms with Crippen molar-refractivity contribution in [3.05, 3.63) is 95.6 Å². The first kappa shape index (κ1) is 21.1. The number of fused-ring (bicyclic) bond motifs is 1. The summed E-state index contributed by atoms with van der Waals surface area (Å²) in [4.78, 5) is 31.2. The maximum Gasteiger partial charge on any atom is 0.338 e. The van der Waals surface area contributed by atoms with Crippen LogP contribution >= 0.6 is 22.9 Å². The monoisotopic (exact) mass is 454 g/mol. The van der Waals surface area contributed by atoms with Crippen LogP contribution in [0.3, 0.4) is 0 Å². The van der Waals surface area contributed by atoms with Gasteiger partial charge in [-0.05, 0) is 55.3 Å². The van der Waals surface area contributed by atoms with Crippen LogP contribution in [0.4, 0.5) is 0 Å². The molecule has 1 N–H and O–H groups in total. The number of thiazole rings is 1. The second-order valence-electron chi connectivity index (χ2n) is 6.95. The fourth-order valence-corrected chi connectivity index (χ4v) is 4.65. The average Bonchev–Trinajstić information content (AvgIpc) is 3.04. The molecule has 0 saturated heterocycles. The van der Waals surface area contributed by atoms with E-state index < -0.39 is 12.0 Å². The zero-order valence-electron chi connectivity index (χ0n) is 16.8. The number of allylic oxidation sites excluding steroid dienone is 1. The second-order valence-corrected chi connectivity index (χ2v) is 8.39. The number of phenols is 1. The SMILES string of the molecule is CCOC(=O)C1=C(C)N=c2s/c(=C/c3ccc(O)cc3)c(=O)n2C1c1ccc(Cl)cc1. The van der Waals surface area contributed by atoms with Gasteiger partial charge in [0.15, 0.2) is 4.80 Å². The first-order chi connectivity index (χ1) is 14.9. The van der Waals surface area contributed by atoms with E-state index in [1.807, 2.05) is 0 Å². The van der Waals surface area contributed by atoms with Crippen LogP contribution in [-0.2, 0) is 9.53 Å². The number of nitrogens with zero attached hydrogens (tertiary/aromatic N) is 2. The number of hydrogen-bond acceptors (Lipinski definition) is 6. The van der Waals surface area contributed by atoms with E-state index in [1.165, 1.54) is 15.9 Å². The number of rotatable bonds is 4. The maximum atomic E-state index is 13.4. The van der Waals surface area contributed by atoms with Crippen LogP contribution in [0, 0.1) is 0 Å². The number of aromatic nitrogens is 1. The summed E-state index contributed by atoms with van der Waals surface area (Å²) in [5.41, 5.74) is 2.08. The highest BCUT2D eigenvalue weighted by Gasteiger charge is 2.33. The Morgan fingerprint density at radius 3 is 2.55 bits per heavy atom. The van der Waals surface area contributed by atoms with Crippen molar-refractivity contribution >= 4 is 35.0 Å². The Balaban J connectivity index is 1.94. The molecule has 8 heteroatoms. The number of ether oxygens (including phenoxy) is 1. The smallest absolute Gasteiger partial charge is 0.338 e. The average molecular weight is 455 g/mol. The normalized spacial score (nSPS) is 16.1.